The Morgan fingerprint density at radius 3 is 2.32 bits per heavy atom. The number of rotatable bonds is 11. The van der Waals surface area contributed by atoms with Crippen LogP contribution in [0.5, 0.6) is 5.75 Å². The van der Waals surface area contributed by atoms with Crippen LogP contribution in [-0.4, -0.2) is 60.4 Å². The highest BCUT2D eigenvalue weighted by molar-refractivity contribution is 6.46. The molecule has 1 aliphatic heterocycles. The fourth-order valence-corrected chi connectivity index (χ4v) is 4.07. The van der Waals surface area contributed by atoms with E-state index in [0.29, 0.717) is 36.4 Å². The lowest BCUT2D eigenvalue weighted by molar-refractivity contribution is -0.139. The number of Topliss-reactive ketones (excluding diaryl/α,β-unsaturated/α-hetero) is 1. The lowest BCUT2D eigenvalue weighted by Gasteiger charge is -2.26. The van der Waals surface area contributed by atoms with Crippen molar-refractivity contribution in [2.24, 2.45) is 0 Å². The molecule has 1 aliphatic rings. The van der Waals surface area contributed by atoms with E-state index in [1.807, 2.05) is 19.0 Å². The molecule has 1 atom stereocenters. The number of carbonyl (C=O) groups is 2. The van der Waals surface area contributed by atoms with Gasteiger partial charge in [-0.15, -0.1) is 0 Å². The van der Waals surface area contributed by atoms with Crippen molar-refractivity contribution in [2.45, 2.75) is 38.6 Å². The molecule has 2 aromatic rings. The maximum absolute atomic E-state index is 13.6. The molecule has 0 spiro atoms. The highest BCUT2D eigenvalue weighted by atomic mass is 19.1. The minimum Gasteiger partial charge on any atom is -0.507 e. The second-order valence-electron chi connectivity index (χ2n) is 8.78. The van der Waals surface area contributed by atoms with E-state index >= 15 is 0 Å². The van der Waals surface area contributed by atoms with Gasteiger partial charge >= 0.3 is 0 Å². The van der Waals surface area contributed by atoms with Gasteiger partial charge in [-0.05, 0) is 75.4 Å². The first-order chi connectivity index (χ1) is 16.3. The van der Waals surface area contributed by atoms with Crippen LogP contribution in [0.4, 0.5) is 4.39 Å². The molecule has 0 bridgehead atoms. The van der Waals surface area contributed by atoms with E-state index in [1.54, 1.807) is 36.4 Å². The van der Waals surface area contributed by atoms with Crippen molar-refractivity contribution in [3.8, 4) is 5.75 Å². The quantitative estimate of drug-likeness (QED) is 0.223. The number of carbonyl (C=O) groups excluding carboxylic acids is 2. The second-order valence-corrected chi connectivity index (χ2v) is 8.78. The largest absolute Gasteiger partial charge is 0.507 e. The molecule has 0 aliphatic carbocycles. The topological polar surface area (TPSA) is 70.1 Å². The number of amides is 1. The molecule has 1 amide bonds. The van der Waals surface area contributed by atoms with Crippen molar-refractivity contribution in [1.29, 1.82) is 0 Å². The third-order valence-electron chi connectivity index (χ3n) is 5.87. The number of nitrogens with zero attached hydrogens (tertiary/aromatic N) is 2. The van der Waals surface area contributed by atoms with Gasteiger partial charge in [0.15, 0.2) is 0 Å². The molecule has 1 saturated heterocycles. The monoisotopic (exact) mass is 468 g/mol. The normalized spacial score (nSPS) is 17.6. The van der Waals surface area contributed by atoms with E-state index in [2.05, 4.69) is 6.92 Å². The van der Waals surface area contributed by atoms with E-state index in [9.17, 15) is 19.1 Å². The van der Waals surface area contributed by atoms with Crippen molar-refractivity contribution in [2.75, 3.05) is 33.8 Å². The highest BCUT2D eigenvalue weighted by Gasteiger charge is 2.45. The van der Waals surface area contributed by atoms with Crippen LogP contribution in [-0.2, 0) is 9.59 Å². The van der Waals surface area contributed by atoms with Crippen LogP contribution in [0.15, 0.2) is 54.1 Å². The first-order valence-electron chi connectivity index (χ1n) is 11.7. The number of unbranched alkanes of at least 4 members (excludes halogenated alkanes) is 2. The zero-order valence-electron chi connectivity index (χ0n) is 20.1. The summed E-state index contributed by atoms with van der Waals surface area (Å²) in [6.45, 7) is 3.81. The van der Waals surface area contributed by atoms with Gasteiger partial charge in [-0.25, -0.2) is 4.39 Å². The Labute approximate surface area is 200 Å². The zero-order valence-corrected chi connectivity index (χ0v) is 20.1. The Balaban J connectivity index is 1.93. The Hall–Kier alpha value is -3.19. The van der Waals surface area contributed by atoms with E-state index < -0.39 is 23.5 Å². The molecular weight excluding hydrogens is 435 g/mol. The van der Waals surface area contributed by atoms with E-state index in [4.69, 9.17) is 4.74 Å². The molecule has 3 rings (SSSR count). The number of aliphatic hydroxyl groups is 1. The molecule has 7 heteroatoms. The maximum Gasteiger partial charge on any atom is 0.295 e. The SMILES string of the molecule is CCCCCOc1ccc(/C(O)=C2/C(=O)C(=O)N(CCCN(C)C)C2c2ccc(F)cc2)cc1. The number of ketones is 1. The van der Waals surface area contributed by atoms with Crippen LogP contribution in [0.2, 0.25) is 0 Å². The van der Waals surface area contributed by atoms with Gasteiger partial charge in [-0.2, -0.15) is 0 Å². The van der Waals surface area contributed by atoms with Crippen LogP contribution >= 0.6 is 0 Å². The first-order valence-corrected chi connectivity index (χ1v) is 11.7. The summed E-state index contributed by atoms with van der Waals surface area (Å²) in [4.78, 5) is 29.4. The molecule has 34 heavy (non-hydrogen) atoms. The summed E-state index contributed by atoms with van der Waals surface area (Å²) in [5.41, 5.74) is 1.00. The first kappa shape index (κ1) is 25.4. The Bertz CT molecular complexity index is 1020. The number of halogens is 1. The van der Waals surface area contributed by atoms with Crippen molar-refractivity contribution in [3.05, 3.63) is 71.0 Å². The Morgan fingerprint density at radius 2 is 1.71 bits per heavy atom. The smallest absolute Gasteiger partial charge is 0.295 e. The van der Waals surface area contributed by atoms with Crippen molar-refractivity contribution >= 4 is 17.4 Å². The van der Waals surface area contributed by atoms with Gasteiger partial charge in [0, 0.05) is 12.1 Å². The average Bonchev–Trinajstić information content (AvgIpc) is 3.07. The summed E-state index contributed by atoms with van der Waals surface area (Å²) in [6, 6.07) is 11.7. The number of ether oxygens (including phenoxy) is 1. The molecule has 2 aromatic carbocycles. The summed E-state index contributed by atoms with van der Waals surface area (Å²) in [7, 11) is 3.87. The van der Waals surface area contributed by atoms with Crippen LogP contribution in [0.25, 0.3) is 5.76 Å². The molecule has 1 heterocycles. The van der Waals surface area contributed by atoms with Crippen LogP contribution in [0, 0.1) is 5.82 Å². The lowest BCUT2D eigenvalue weighted by Crippen LogP contribution is -2.32. The molecule has 1 fully saturated rings. The van der Waals surface area contributed by atoms with Gasteiger partial charge in [-0.3, -0.25) is 9.59 Å². The van der Waals surface area contributed by atoms with Gasteiger partial charge in [0.05, 0.1) is 18.2 Å². The van der Waals surface area contributed by atoms with Gasteiger partial charge in [-0.1, -0.05) is 31.9 Å². The number of benzene rings is 2. The minimum absolute atomic E-state index is 0.0121. The maximum atomic E-state index is 13.6. The van der Waals surface area contributed by atoms with E-state index in [-0.39, 0.29) is 11.3 Å². The third-order valence-corrected chi connectivity index (χ3v) is 5.87. The standard InChI is InChI=1S/C27H33FN2O4/c1-4-5-6-18-34-22-14-10-20(11-15-22)25(31)23-24(19-8-12-21(28)13-9-19)30(27(33)26(23)32)17-7-16-29(2)3/h8-15,24,31H,4-7,16-18H2,1-3H3/b25-23-. The number of hydrogen-bond acceptors (Lipinski definition) is 5. The molecule has 0 radical (unpaired) electrons. The zero-order chi connectivity index (χ0) is 24.7. The fourth-order valence-electron chi connectivity index (χ4n) is 4.07. The van der Waals surface area contributed by atoms with Gasteiger partial charge < -0.3 is 19.6 Å². The van der Waals surface area contributed by atoms with Gasteiger partial charge in [0.2, 0.25) is 0 Å². The molecular formula is C27H33FN2O4. The van der Waals surface area contributed by atoms with E-state index in [0.717, 1.165) is 25.8 Å². The van der Waals surface area contributed by atoms with Crippen LogP contribution in [0.1, 0.15) is 49.8 Å². The Morgan fingerprint density at radius 1 is 1.03 bits per heavy atom. The highest BCUT2D eigenvalue weighted by Crippen LogP contribution is 2.39. The lowest BCUT2D eigenvalue weighted by atomic mass is 9.95. The molecule has 1 N–H and O–H groups in total. The summed E-state index contributed by atoms with van der Waals surface area (Å²) in [5, 5.41) is 11.1. The number of hydrogen-bond donors (Lipinski definition) is 1. The van der Waals surface area contributed by atoms with Gasteiger partial charge in [0.1, 0.15) is 17.3 Å². The van der Waals surface area contributed by atoms with Gasteiger partial charge in [0.25, 0.3) is 11.7 Å². The van der Waals surface area contributed by atoms with E-state index in [1.165, 1.54) is 17.0 Å². The van der Waals surface area contributed by atoms with Crippen LogP contribution in [0.3, 0.4) is 0 Å². The summed E-state index contributed by atoms with van der Waals surface area (Å²) >= 11 is 0. The van der Waals surface area contributed by atoms with Crippen LogP contribution < -0.4 is 4.74 Å². The predicted molar refractivity (Wildman–Crippen MR) is 130 cm³/mol. The summed E-state index contributed by atoms with van der Waals surface area (Å²) < 4.78 is 19.3. The molecule has 182 valence electrons. The van der Waals surface area contributed by atoms with Crippen molar-refractivity contribution in [3.63, 3.8) is 0 Å². The summed E-state index contributed by atoms with van der Waals surface area (Å²) in [5.74, 6) is -1.39. The number of likely N-dealkylation sites (tertiary alicyclic amines) is 1. The fraction of sp³-hybridized carbons (Fsp3) is 0.407. The Kier molecular flexibility index (Phi) is 8.82. The predicted octanol–water partition coefficient (Wildman–Crippen LogP) is 4.77. The summed E-state index contributed by atoms with van der Waals surface area (Å²) in [6.07, 6.45) is 3.82. The average molecular weight is 469 g/mol. The van der Waals surface area contributed by atoms with Crippen molar-refractivity contribution in [1.82, 2.24) is 9.80 Å². The molecule has 6 nitrogen and oxygen atoms in total. The molecule has 1 unspecified atom stereocenters. The van der Waals surface area contributed by atoms with Crippen molar-refractivity contribution < 1.29 is 23.8 Å². The molecule has 0 aromatic heterocycles. The minimum atomic E-state index is -0.785. The second kappa shape index (κ2) is 11.8. The molecule has 0 saturated carbocycles. The third kappa shape index (κ3) is 6.03. The number of aliphatic hydroxyl groups excluding tert-OH is 1.